The minimum absolute atomic E-state index is 0.0540. The van der Waals surface area contributed by atoms with Crippen LogP contribution in [0.3, 0.4) is 0 Å². The fraction of sp³-hybridized carbons (Fsp3) is 0.240. The van der Waals surface area contributed by atoms with Crippen LogP contribution in [-0.2, 0) is 11.3 Å². The Morgan fingerprint density at radius 3 is 2.61 bits per heavy atom. The summed E-state index contributed by atoms with van der Waals surface area (Å²) in [5, 5.41) is 0. The van der Waals surface area contributed by atoms with Crippen LogP contribution in [0.25, 0.3) is 0 Å². The van der Waals surface area contributed by atoms with E-state index in [-0.39, 0.29) is 11.9 Å². The van der Waals surface area contributed by atoms with Gasteiger partial charge in [0.1, 0.15) is 12.4 Å². The molecular weight excluding hydrogens is 392 g/mol. The number of ether oxygens (including phenoxy) is 2. The van der Waals surface area contributed by atoms with Crippen molar-refractivity contribution in [1.82, 2.24) is 4.98 Å². The van der Waals surface area contributed by atoms with Crippen molar-refractivity contribution in [3.05, 3.63) is 89.7 Å². The zero-order chi connectivity index (χ0) is 21.6. The van der Waals surface area contributed by atoms with Crippen LogP contribution in [0.4, 0.5) is 5.69 Å². The van der Waals surface area contributed by atoms with Crippen LogP contribution in [-0.4, -0.2) is 30.0 Å². The fourth-order valence-corrected chi connectivity index (χ4v) is 3.59. The lowest BCUT2D eigenvalue weighted by Crippen LogP contribution is -2.45. The second-order valence-corrected chi connectivity index (χ2v) is 7.45. The maximum absolute atomic E-state index is 13.6. The summed E-state index contributed by atoms with van der Waals surface area (Å²) in [7, 11) is 1.34. The van der Waals surface area contributed by atoms with E-state index in [1.165, 1.54) is 7.11 Å². The van der Waals surface area contributed by atoms with Crippen LogP contribution in [0.2, 0.25) is 0 Å². The molecule has 6 heteroatoms. The number of hydrogen-bond donors (Lipinski definition) is 0. The van der Waals surface area contributed by atoms with E-state index in [0.29, 0.717) is 29.2 Å². The summed E-state index contributed by atoms with van der Waals surface area (Å²) in [6.07, 6.45) is 6.32. The maximum Gasteiger partial charge on any atom is 0.339 e. The molecule has 31 heavy (non-hydrogen) atoms. The molecule has 1 saturated carbocycles. The van der Waals surface area contributed by atoms with Gasteiger partial charge in [-0.25, -0.2) is 4.79 Å². The molecule has 3 aromatic rings. The molecular formula is C25H24N2O4. The lowest BCUT2D eigenvalue weighted by molar-refractivity contribution is 0.0601. The molecule has 0 radical (unpaired) electrons. The van der Waals surface area contributed by atoms with E-state index in [1.807, 2.05) is 24.3 Å². The van der Waals surface area contributed by atoms with Crippen molar-refractivity contribution in [1.29, 1.82) is 0 Å². The summed E-state index contributed by atoms with van der Waals surface area (Å²) >= 11 is 0. The Balaban J connectivity index is 1.61. The third-order valence-corrected chi connectivity index (χ3v) is 5.44. The van der Waals surface area contributed by atoms with Gasteiger partial charge >= 0.3 is 5.97 Å². The number of carbonyl (C=O) groups is 2. The summed E-state index contributed by atoms with van der Waals surface area (Å²) in [4.78, 5) is 31.7. The van der Waals surface area contributed by atoms with E-state index >= 15 is 0 Å². The third-order valence-electron chi connectivity index (χ3n) is 5.44. The largest absolute Gasteiger partial charge is 0.489 e. The molecule has 0 atom stereocenters. The van der Waals surface area contributed by atoms with Crippen molar-refractivity contribution in [3.8, 4) is 5.75 Å². The number of benzene rings is 2. The lowest BCUT2D eigenvalue weighted by atomic mass is 9.90. The molecule has 6 nitrogen and oxygen atoms in total. The normalized spacial score (nSPS) is 13.2. The number of anilines is 1. The summed E-state index contributed by atoms with van der Waals surface area (Å²) in [6, 6.07) is 18.1. The molecule has 0 unspecified atom stereocenters. The second kappa shape index (κ2) is 9.43. The Bertz CT molecular complexity index is 1060. The number of aromatic nitrogens is 1. The Labute approximate surface area is 181 Å². The average molecular weight is 416 g/mol. The second-order valence-electron chi connectivity index (χ2n) is 7.45. The topological polar surface area (TPSA) is 68.7 Å². The number of esters is 1. The van der Waals surface area contributed by atoms with Gasteiger partial charge in [0.15, 0.2) is 0 Å². The van der Waals surface area contributed by atoms with Crippen molar-refractivity contribution in [2.45, 2.75) is 31.9 Å². The summed E-state index contributed by atoms with van der Waals surface area (Å²) < 4.78 is 10.8. The van der Waals surface area contributed by atoms with Crippen molar-refractivity contribution in [2.75, 3.05) is 12.0 Å². The molecule has 1 aromatic heterocycles. The highest BCUT2D eigenvalue weighted by molar-refractivity contribution is 6.10. The molecule has 0 bridgehead atoms. The fourth-order valence-electron chi connectivity index (χ4n) is 3.59. The number of methoxy groups -OCH3 is 1. The Hall–Kier alpha value is -3.67. The molecule has 1 aliphatic carbocycles. The van der Waals surface area contributed by atoms with Crippen molar-refractivity contribution in [2.24, 2.45) is 0 Å². The van der Waals surface area contributed by atoms with Gasteiger partial charge in [-0.15, -0.1) is 0 Å². The average Bonchev–Trinajstić information content (AvgIpc) is 2.80. The van der Waals surface area contributed by atoms with Crippen molar-refractivity contribution in [3.63, 3.8) is 0 Å². The van der Waals surface area contributed by atoms with Gasteiger partial charge in [-0.05, 0) is 55.7 Å². The van der Waals surface area contributed by atoms with Crippen LogP contribution in [0, 0.1) is 0 Å². The van der Waals surface area contributed by atoms with Gasteiger partial charge in [0.2, 0.25) is 0 Å². The minimum atomic E-state index is -0.457. The highest BCUT2D eigenvalue weighted by Crippen LogP contribution is 2.34. The first-order chi connectivity index (χ1) is 15.2. The Morgan fingerprint density at radius 1 is 1.06 bits per heavy atom. The lowest BCUT2D eigenvalue weighted by Gasteiger charge is -2.38. The first-order valence-corrected chi connectivity index (χ1v) is 10.3. The van der Waals surface area contributed by atoms with Crippen LogP contribution < -0.4 is 9.64 Å². The predicted molar refractivity (Wildman–Crippen MR) is 117 cm³/mol. The molecule has 1 heterocycles. The Kier molecular flexibility index (Phi) is 6.26. The molecule has 158 valence electrons. The van der Waals surface area contributed by atoms with E-state index < -0.39 is 5.97 Å². The summed E-state index contributed by atoms with van der Waals surface area (Å²) in [5.41, 5.74) is 2.41. The van der Waals surface area contributed by atoms with Gasteiger partial charge in [0.25, 0.3) is 5.91 Å². The molecule has 0 N–H and O–H groups in total. The van der Waals surface area contributed by atoms with Crippen LogP contribution in [0.1, 0.15) is 45.5 Å². The van der Waals surface area contributed by atoms with Gasteiger partial charge in [0, 0.05) is 29.6 Å². The minimum Gasteiger partial charge on any atom is -0.489 e. The summed E-state index contributed by atoms with van der Waals surface area (Å²) in [6.45, 7) is 0.364. The van der Waals surface area contributed by atoms with E-state index in [2.05, 4.69) is 4.98 Å². The van der Waals surface area contributed by atoms with Gasteiger partial charge in [-0.3, -0.25) is 9.78 Å². The van der Waals surface area contributed by atoms with Crippen molar-refractivity contribution >= 4 is 17.6 Å². The zero-order valence-electron chi connectivity index (χ0n) is 17.4. The van der Waals surface area contributed by atoms with Crippen LogP contribution in [0.15, 0.2) is 73.1 Å². The van der Waals surface area contributed by atoms with Crippen LogP contribution >= 0.6 is 0 Å². The van der Waals surface area contributed by atoms with Gasteiger partial charge in [0.05, 0.1) is 18.4 Å². The highest BCUT2D eigenvalue weighted by Gasteiger charge is 2.33. The van der Waals surface area contributed by atoms with E-state index in [0.717, 1.165) is 24.8 Å². The smallest absolute Gasteiger partial charge is 0.339 e. The van der Waals surface area contributed by atoms with E-state index in [1.54, 1.807) is 53.7 Å². The molecule has 1 amide bonds. The number of carbonyl (C=O) groups excluding carboxylic acids is 2. The number of hydrogen-bond acceptors (Lipinski definition) is 5. The van der Waals surface area contributed by atoms with Gasteiger partial charge in [-0.1, -0.05) is 24.3 Å². The first kappa shape index (κ1) is 20.6. The highest BCUT2D eigenvalue weighted by atomic mass is 16.5. The number of para-hydroxylation sites is 1. The van der Waals surface area contributed by atoms with Crippen molar-refractivity contribution < 1.29 is 19.1 Å². The summed E-state index contributed by atoms with van der Waals surface area (Å²) in [5.74, 6) is -0.0151. The molecule has 0 spiro atoms. The molecule has 1 aliphatic rings. The quantitative estimate of drug-likeness (QED) is 0.525. The molecule has 4 rings (SSSR count). The zero-order valence-corrected chi connectivity index (χ0v) is 17.4. The molecule has 0 saturated heterocycles. The van der Waals surface area contributed by atoms with Gasteiger partial charge < -0.3 is 14.4 Å². The van der Waals surface area contributed by atoms with E-state index in [9.17, 15) is 9.59 Å². The monoisotopic (exact) mass is 416 g/mol. The number of nitrogens with zero attached hydrogens (tertiary/aromatic N) is 2. The van der Waals surface area contributed by atoms with Gasteiger partial charge in [-0.2, -0.15) is 0 Å². The Morgan fingerprint density at radius 2 is 1.90 bits per heavy atom. The first-order valence-electron chi connectivity index (χ1n) is 10.3. The maximum atomic E-state index is 13.6. The standard InChI is InChI=1S/C25H24N2O4/c1-30-25(29)22-12-2-3-13-23(22)27(20-9-5-10-20)24(28)19-8-4-11-21(15-19)31-17-18-7-6-14-26-16-18/h2-4,6-8,11-16,20H,5,9-10,17H2,1H3. The number of rotatable bonds is 7. The number of amides is 1. The number of pyridine rings is 1. The molecule has 0 aliphatic heterocycles. The predicted octanol–water partition coefficient (Wildman–Crippen LogP) is 4.65. The SMILES string of the molecule is COC(=O)c1ccccc1N(C(=O)c1cccc(OCc2cccnc2)c1)C1CCC1. The molecule has 1 fully saturated rings. The third kappa shape index (κ3) is 4.58. The van der Waals surface area contributed by atoms with E-state index in [4.69, 9.17) is 9.47 Å². The molecule has 2 aromatic carbocycles. The van der Waals surface area contributed by atoms with Crippen LogP contribution in [0.5, 0.6) is 5.75 Å².